The molecule has 0 radical (unpaired) electrons. The molecule has 0 amide bonds. The van der Waals surface area contributed by atoms with E-state index in [0.29, 0.717) is 29.9 Å². The molecule has 2 atom stereocenters. The van der Waals surface area contributed by atoms with E-state index in [-0.39, 0.29) is 17.5 Å². The molecular formula is C23H22F6O3. The Bertz CT molecular complexity index is 978. The molecule has 2 aromatic rings. The van der Waals surface area contributed by atoms with Gasteiger partial charge in [-0.15, -0.1) is 0 Å². The average molecular weight is 460 g/mol. The second-order valence-electron chi connectivity index (χ2n) is 8.08. The van der Waals surface area contributed by atoms with Crippen molar-refractivity contribution in [3.63, 3.8) is 0 Å². The van der Waals surface area contributed by atoms with Crippen molar-refractivity contribution in [3.8, 4) is 5.75 Å². The van der Waals surface area contributed by atoms with E-state index in [1.54, 1.807) is 13.0 Å². The lowest BCUT2D eigenvalue weighted by Gasteiger charge is -2.33. The highest BCUT2D eigenvalue weighted by molar-refractivity contribution is 5.52. The number of benzene rings is 2. The normalized spacial score (nSPS) is 18.8. The highest BCUT2D eigenvalue weighted by Gasteiger charge is 2.37. The fourth-order valence-corrected chi connectivity index (χ4v) is 4.16. The monoisotopic (exact) mass is 460 g/mol. The quantitative estimate of drug-likeness (QED) is 0.367. The van der Waals surface area contributed by atoms with Gasteiger partial charge in [0, 0.05) is 5.56 Å². The van der Waals surface area contributed by atoms with Crippen LogP contribution in [0.25, 0.3) is 0 Å². The minimum absolute atomic E-state index is 0.0545. The SMILES string of the molecule is Cc1cc(OCc2cc(C(F)(F)F)cc(C(F)(F)F)c2)c(C)c2c1CC[C@@H](C)[C@H]2OC=O. The lowest BCUT2D eigenvalue weighted by molar-refractivity contribution is -0.143. The van der Waals surface area contributed by atoms with E-state index in [4.69, 9.17) is 9.47 Å². The van der Waals surface area contributed by atoms with Crippen LogP contribution in [0, 0.1) is 19.8 Å². The van der Waals surface area contributed by atoms with E-state index in [0.717, 1.165) is 29.5 Å². The fourth-order valence-electron chi connectivity index (χ4n) is 4.16. The van der Waals surface area contributed by atoms with Crippen LogP contribution in [0.2, 0.25) is 0 Å². The van der Waals surface area contributed by atoms with Crippen molar-refractivity contribution < 1.29 is 40.6 Å². The molecular weight excluding hydrogens is 438 g/mol. The molecule has 0 bridgehead atoms. The van der Waals surface area contributed by atoms with E-state index >= 15 is 0 Å². The summed E-state index contributed by atoms with van der Waals surface area (Å²) in [5.74, 6) is 0.375. The Hall–Kier alpha value is -2.71. The Morgan fingerprint density at radius 2 is 1.59 bits per heavy atom. The van der Waals surface area contributed by atoms with E-state index in [1.165, 1.54) is 0 Å². The first-order valence-electron chi connectivity index (χ1n) is 9.96. The maximum Gasteiger partial charge on any atom is 0.416 e. The maximum absolute atomic E-state index is 13.1. The summed E-state index contributed by atoms with van der Waals surface area (Å²) >= 11 is 0. The van der Waals surface area contributed by atoms with Gasteiger partial charge in [-0.05, 0) is 79.1 Å². The van der Waals surface area contributed by atoms with Crippen LogP contribution in [-0.2, 0) is 34.9 Å². The Morgan fingerprint density at radius 3 is 2.12 bits per heavy atom. The molecule has 3 rings (SSSR count). The summed E-state index contributed by atoms with van der Waals surface area (Å²) in [6.45, 7) is 5.41. The summed E-state index contributed by atoms with van der Waals surface area (Å²) in [5, 5.41) is 0. The number of halogens is 6. The molecule has 0 heterocycles. The molecule has 2 aromatic carbocycles. The summed E-state index contributed by atoms with van der Waals surface area (Å²) in [4.78, 5) is 11.0. The van der Waals surface area contributed by atoms with Gasteiger partial charge < -0.3 is 9.47 Å². The highest BCUT2D eigenvalue weighted by atomic mass is 19.4. The zero-order valence-electron chi connectivity index (χ0n) is 17.7. The molecule has 3 nitrogen and oxygen atoms in total. The molecule has 0 aromatic heterocycles. The van der Waals surface area contributed by atoms with Crippen LogP contribution in [0.5, 0.6) is 5.75 Å². The topological polar surface area (TPSA) is 35.5 Å². The Morgan fingerprint density at radius 1 is 1.00 bits per heavy atom. The zero-order valence-corrected chi connectivity index (χ0v) is 17.7. The lowest BCUT2D eigenvalue weighted by Crippen LogP contribution is -2.23. The van der Waals surface area contributed by atoms with Crippen molar-refractivity contribution in [3.05, 3.63) is 63.2 Å². The number of rotatable bonds is 5. The summed E-state index contributed by atoms with van der Waals surface area (Å²) in [6, 6.07) is 3.09. The van der Waals surface area contributed by atoms with Crippen LogP contribution in [0.3, 0.4) is 0 Å². The van der Waals surface area contributed by atoms with Gasteiger partial charge in [0.2, 0.25) is 0 Å². The van der Waals surface area contributed by atoms with Crippen LogP contribution in [0.4, 0.5) is 26.3 Å². The van der Waals surface area contributed by atoms with Gasteiger partial charge in [-0.1, -0.05) is 6.92 Å². The molecule has 1 aliphatic rings. The van der Waals surface area contributed by atoms with E-state index in [2.05, 4.69) is 0 Å². The maximum atomic E-state index is 13.1. The molecule has 32 heavy (non-hydrogen) atoms. The first-order valence-corrected chi connectivity index (χ1v) is 9.96. The van der Waals surface area contributed by atoms with Crippen molar-refractivity contribution in [1.29, 1.82) is 0 Å². The van der Waals surface area contributed by atoms with E-state index < -0.39 is 36.2 Å². The van der Waals surface area contributed by atoms with Crippen molar-refractivity contribution in [2.24, 2.45) is 5.92 Å². The Labute approximate surface area is 181 Å². The fraction of sp³-hybridized carbons (Fsp3) is 0.435. The van der Waals surface area contributed by atoms with Gasteiger partial charge in [0.05, 0.1) is 11.1 Å². The largest absolute Gasteiger partial charge is 0.489 e. The standard InChI is InChI=1S/C23H22F6O3/c1-12-4-5-18-13(2)6-19(14(3)20(18)21(12)32-11-30)31-10-15-7-16(22(24,25)26)9-17(8-15)23(27,28)29/h6-9,11-12,21H,4-5,10H2,1-3H3/t12-,21-/m1/s1. The van der Waals surface area contributed by atoms with Crippen LogP contribution in [0.1, 0.15) is 58.4 Å². The van der Waals surface area contributed by atoms with Crippen molar-refractivity contribution in [2.45, 2.75) is 58.7 Å². The Balaban J connectivity index is 1.97. The van der Waals surface area contributed by atoms with Gasteiger partial charge in [0.25, 0.3) is 6.47 Å². The number of aryl methyl sites for hydroxylation is 1. The van der Waals surface area contributed by atoms with Gasteiger partial charge in [0.15, 0.2) is 0 Å². The van der Waals surface area contributed by atoms with Crippen LogP contribution in [0.15, 0.2) is 24.3 Å². The Kier molecular flexibility index (Phi) is 6.49. The van der Waals surface area contributed by atoms with Crippen molar-refractivity contribution in [1.82, 2.24) is 0 Å². The van der Waals surface area contributed by atoms with Gasteiger partial charge in [-0.2, -0.15) is 26.3 Å². The third-order valence-electron chi connectivity index (χ3n) is 5.82. The average Bonchev–Trinajstić information content (AvgIpc) is 2.69. The number of alkyl halides is 6. The number of carbonyl (C=O) groups excluding carboxylic acids is 1. The first-order chi connectivity index (χ1) is 14.8. The van der Waals surface area contributed by atoms with Crippen molar-refractivity contribution >= 4 is 6.47 Å². The smallest absolute Gasteiger partial charge is 0.416 e. The zero-order chi connectivity index (χ0) is 23.8. The molecule has 0 aliphatic heterocycles. The van der Waals surface area contributed by atoms with Gasteiger partial charge in [0.1, 0.15) is 18.5 Å². The second kappa shape index (κ2) is 8.67. The summed E-state index contributed by atoms with van der Waals surface area (Å²) in [7, 11) is 0. The summed E-state index contributed by atoms with van der Waals surface area (Å²) in [5.41, 5.74) is 0.259. The molecule has 0 saturated carbocycles. The molecule has 0 fully saturated rings. The minimum atomic E-state index is -4.93. The third kappa shape index (κ3) is 4.86. The molecule has 1 aliphatic carbocycles. The summed E-state index contributed by atoms with van der Waals surface area (Å²) in [6.07, 6.45) is -8.77. The second-order valence-corrected chi connectivity index (χ2v) is 8.08. The van der Waals surface area contributed by atoms with Gasteiger partial charge >= 0.3 is 12.4 Å². The number of hydrogen-bond donors (Lipinski definition) is 0. The first kappa shape index (κ1) is 23.9. The predicted molar refractivity (Wildman–Crippen MR) is 104 cm³/mol. The number of ether oxygens (including phenoxy) is 2. The van der Waals surface area contributed by atoms with Crippen molar-refractivity contribution in [2.75, 3.05) is 0 Å². The molecule has 0 unspecified atom stereocenters. The molecule has 0 spiro atoms. The van der Waals surface area contributed by atoms with Gasteiger partial charge in [-0.25, -0.2) is 0 Å². The number of fused-ring (bicyclic) bond motifs is 1. The highest BCUT2D eigenvalue weighted by Crippen LogP contribution is 2.43. The van der Waals surface area contributed by atoms with Crippen LogP contribution < -0.4 is 4.74 Å². The van der Waals surface area contributed by atoms with E-state index in [1.807, 2.05) is 13.8 Å². The third-order valence-corrected chi connectivity index (χ3v) is 5.82. The predicted octanol–water partition coefficient (Wildman–Crippen LogP) is 6.72. The van der Waals surface area contributed by atoms with Crippen LogP contribution in [-0.4, -0.2) is 6.47 Å². The molecule has 0 saturated heterocycles. The molecule has 0 N–H and O–H groups in total. The molecule has 174 valence electrons. The van der Waals surface area contributed by atoms with E-state index in [9.17, 15) is 31.1 Å². The van der Waals surface area contributed by atoms with Gasteiger partial charge in [-0.3, -0.25) is 4.79 Å². The lowest BCUT2D eigenvalue weighted by atomic mass is 9.78. The number of carbonyl (C=O) groups is 1. The van der Waals surface area contributed by atoms with Crippen LogP contribution >= 0.6 is 0 Å². The minimum Gasteiger partial charge on any atom is -0.489 e. The number of hydrogen-bond acceptors (Lipinski definition) is 3. The molecule has 9 heteroatoms. The summed E-state index contributed by atoms with van der Waals surface area (Å²) < 4.78 is 89.6.